The van der Waals surface area contributed by atoms with E-state index in [-0.39, 0.29) is 28.9 Å². The highest BCUT2D eigenvalue weighted by Gasteiger charge is 2.42. The molecule has 0 spiro atoms. The van der Waals surface area contributed by atoms with Crippen LogP contribution in [0.4, 0.5) is 0 Å². The molecule has 0 amide bonds. The molecule has 0 fully saturated rings. The van der Waals surface area contributed by atoms with Gasteiger partial charge < -0.3 is 23.4 Å². The first-order valence-corrected chi connectivity index (χ1v) is 19.6. The number of rotatable bonds is 15. The van der Waals surface area contributed by atoms with E-state index in [0.717, 1.165) is 24.3 Å². The van der Waals surface area contributed by atoms with Crippen molar-refractivity contribution >= 4 is 16.6 Å². The van der Waals surface area contributed by atoms with Crippen LogP contribution in [0, 0.1) is 5.92 Å². The lowest BCUT2D eigenvalue weighted by molar-refractivity contribution is -0.0476. The van der Waals surface area contributed by atoms with E-state index in [1.54, 1.807) is 13.2 Å². The Bertz CT molecular complexity index is 807. The molecule has 37 heavy (non-hydrogen) atoms. The lowest BCUT2D eigenvalue weighted by Crippen LogP contribution is -2.48. The highest BCUT2D eigenvalue weighted by Crippen LogP contribution is 2.40. The fraction of sp³-hybridized carbons (Fsp3) is 0.733. The fourth-order valence-corrected chi connectivity index (χ4v) is 5.91. The van der Waals surface area contributed by atoms with E-state index in [9.17, 15) is 5.11 Å². The van der Waals surface area contributed by atoms with Gasteiger partial charge in [-0.1, -0.05) is 72.8 Å². The van der Waals surface area contributed by atoms with Gasteiger partial charge in [0, 0.05) is 6.61 Å². The number of aliphatic hydroxyl groups excluding tert-OH is 1. The molecular weight excluding hydrogens is 496 g/mol. The summed E-state index contributed by atoms with van der Waals surface area (Å²) in [5.74, 6) is 1.17. The first-order valence-electron chi connectivity index (χ1n) is 13.8. The van der Waals surface area contributed by atoms with Crippen LogP contribution in [0.3, 0.4) is 0 Å². The lowest BCUT2D eigenvalue weighted by Gasteiger charge is -2.42. The lowest BCUT2D eigenvalue weighted by atomic mass is 9.99. The topological polar surface area (TPSA) is 57.2 Å². The molecular formula is C30H56O5Si2. The van der Waals surface area contributed by atoms with E-state index in [2.05, 4.69) is 74.7 Å². The molecule has 0 aliphatic rings. The van der Waals surface area contributed by atoms with Crippen LogP contribution >= 0.6 is 0 Å². The van der Waals surface area contributed by atoms with Crippen LogP contribution in [0.5, 0.6) is 5.75 Å². The Morgan fingerprint density at radius 2 is 1.43 bits per heavy atom. The highest BCUT2D eigenvalue weighted by molar-refractivity contribution is 6.74. The van der Waals surface area contributed by atoms with Crippen LogP contribution in [0.1, 0.15) is 66.9 Å². The SMILES string of the molecule is COc1ccc(CO[C@@H](C/C=C/CO)[C@H](C[C@@H](C)CO[Si](C)(C)C(C)(C)C)O[Si](C)(C)C(C)(C)C)cc1. The normalized spacial score (nSPS) is 16.1. The summed E-state index contributed by atoms with van der Waals surface area (Å²) in [5, 5.41) is 9.62. The Morgan fingerprint density at radius 3 is 1.92 bits per heavy atom. The number of methoxy groups -OCH3 is 1. The molecule has 0 aliphatic heterocycles. The minimum Gasteiger partial charge on any atom is -0.497 e. The summed E-state index contributed by atoms with van der Waals surface area (Å²) < 4.78 is 25.5. The van der Waals surface area contributed by atoms with E-state index >= 15 is 0 Å². The molecule has 214 valence electrons. The average molecular weight is 553 g/mol. The molecule has 5 nitrogen and oxygen atoms in total. The van der Waals surface area contributed by atoms with E-state index in [4.69, 9.17) is 18.3 Å². The molecule has 0 radical (unpaired) electrons. The van der Waals surface area contributed by atoms with Gasteiger partial charge in [-0.05, 0) is 72.7 Å². The van der Waals surface area contributed by atoms with Crippen LogP contribution < -0.4 is 4.74 Å². The van der Waals surface area contributed by atoms with Crippen LogP contribution in [0.25, 0.3) is 0 Å². The standard InChI is InChI=1S/C30H56O5Si2/c1-24(22-34-36(9,10)29(2,3)4)21-28(35-37(11,12)30(5,6)7)27(15-13-14-20-31)33-23-25-16-18-26(32-8)19-17-25/h13-14,16-19,24,27-28,31H,15,20-23H2,1-12H3/b14-13+/t24-,27+,28+/m1/s1. The van der Waals surface area contributed by atoms with Crippen LogP contribution in [0.15, 0.2) is 36.4 Å². The van der Waals surface area contributed by atoms with Crippen molar-refractivity contribution < 1.29 is 23.4 Å². The molecule has 0 heterocycles. The van der Waals surface area contributed by atoms with E-state index in [0.29, 0.717) is 18.9 Å². The van der Waals surface area contributed by atoms with E-state index < -0.39 is 16.6 Å². The predicted octanol–water partition coefficient (Wildman–Crippen LogP) is 7.96. The molecule has 1 rings (SSSR count). The summed E-state index contributed by atoms with van der Waals surface area (Å²) >= 11 is 0. The van der Waals surface area contributed by atoms with Crippen LogP contribution in [0.2, 0.25) is 36.3 Å². The zero-order chi connectivity index (χ0) is 28.5. The Hall–Kier alpha value is -0.966. The van der Waals surface area contributed by atoms with Crippen molar-refractivity contribution in [3.8, 4) is 5.75 Å². The molecule has 1 aromatic carbocycles. The summed E-state index contributed by atoms with van der Waals surface area (Å²) in [6.45, 7) is 26.4. The second-order valence-electron chi connectivity index (χ2n) is 13.4. The maximum Gasteiger partial charge on any atom is 0.192 e. The first kappa shape index (κ1) is 34.1. The first-order chi connectivity index (χ1) is 16.9. The van der Waals surface area contributed by atoms with Crippen molar-refractivity contribution in [1.29, 1.82) is 0 Å². The molecule has 0 aromatic heterocycles. The number of benzene rings is 1. The number of hydrogen-bond donors (Lipinski definition) is 1. The quantitative estimate of drug-likeness (QED) is 0.177. The number of hydrogen-bond acceptors (Lipinski definition) is 5. The van der Waals surface area contributed by atoms with Crippen molar-refractivity contribution in [2.45, 2.75) is 116 Å². The minimum atomic E-state index is -2.06. The van der Waals surface area contributed by atoms with Crippen molar-refractivity contribution in [3.05, 3.63) is 42.0 Å². The van der Waals surface area contributed by atoms with E-state index in [1.165, 1.54) is 0 Å². The van der Waals surface area contributed by atoms with Gasteiger partial charge in [-0.15, -0.1) is 0 Å². The van der Waals surface area contributed by atoms with Crippen LogP contribution in [-0.4, -0.2) is 54.3 Å². The van der Waals surface area contributed by atoms with Gasteiger partial charge in [0.05, 0.1) is 32.5 Å². The summed E-state index contributed by atoms with van der Waals surface area (Å²) in [5.41, 5.74) is 1.09. The Labute approximate surface area is 230 Å². The summed E-state index contributed by atoms with van der Waals surface area (Å²) in [6, 6.07) is 8.00. The molecule has 1 N–H and O–H groups in total. The Kier molecular flexibility index (Phi) is 13.3. The van der Waals surface area contributed by atoms with Crippen molar-refractivity contribution in [3.63, 3.8) is 0 Å². The Morgan fingerprint density at radius 1 is 0.865 bits per heavy atom. The largest absolute Gasteiger partial charge is 0.497 e. The third-order valence-electron chi connectivity index (χ3n) is 8.10. The van der Waals surface area contributed by atoms with Gasteiger partial charge in [0.15, 0.2) is 16.6 Å². The highest BCUT2D eigenvalue weighted by atomic mass is 28.4. The number of aliphatic hydroxyl groups is 1. The van der Waals surface area contributed by atoms with Crippen molar-refractivity contribution in [2.24, 2.45) is 5.92 Å². The average Bonchev–Trinajstić information content (AvgIpc) is 2.78. The summed E-state index contributed by atoms with van der Waals surface area (Å²) in [7, 11) is -2.21. The van der Waals surface area contributed by atoms with Crippen LogP contribution in [-0.2, 0) is 20.2 Å². The maximum absolute atomic E-state index is 9.35. The van der Waals surface area contributed by atoms with Gasteiger partial charge >= 0.3 is 0 Å². The third kappa shape index (κ3) is 11.4. The zero-order valence-corrected chi connectivity index (χ0v) is 27.8. The molecule has 0 aliphatic carbocycles. The predicted molar refractivity (Wildman–Crippen MR) is 161 cm³/mol. The smallest absolute Gasteiger partial charge is 0.192 e. The van der Waals surface area contributed by atoms with E-state index in [1.807, 2.05) is 30.3 Å². The van der Waals surface area contributed by atoms with Gasteiger partial charge in [-0.25, -0.2) is 0 Å². The van der Waals surface area contributed by atoms with Gasteiger partial charge in [0.2, 0.25) is 0 Å². The molecule has 7 heteroatoms. The zero-order valence-electron chi connectivity index (χ0n) is 25.8. The Balaban J connectivity index is 3.16. The van der Waals surface area contributed by atoms with Gasteiger partial charge in [-0.2, -0.15) is 0 Å². The monoisotopic (exact) mass is 552 g/mol. The third-order valence-corrected chi connectivity index (χ3v) is 17.1. The molecule has 0 unspecified atom stereocenters. The van der Waals surface area contributed by atoms with Gasteiger partial charge in [0.25, 0.3) is 0 Å². The van der Waals surface area contributed by atoms with Gasteiger partial charge in [-0.3, -0.25) is 0 Å². The number of ether oxygens (including phenoxy) is 2. The second-order valence-corrected chi connectivity index (χ2v) is 23.0. The maximum atomic E-state index is 9.35. The second kappa shape index (κ2) is 14.4. The summed E-state index contributed by atoms with van der Waals surface area (Å²) in [6.07, 6.45) is 5.15. The van der Waals surface area contributed by atoms with Crippen molar-refractivity contribution in [1.82, 2.24) is 0 Å². The molecule has 0 bridgehead atoms. The minimum absolute atomic E-state index is 0.0235. The molecule has 0 saturated heterocycles. The molecule has 1 aromatic rings. The van der Waals surface area contributed by atoms with Gasteiger partial charge in [0.1, 0.15) is 5.75 Å². The fourth-order valence-electron chi connectivity index (χ4n) is 3.42. The molecule has 3 atom stereocenters. The molecule has 0 saturated carbocycles. The summed E-state index contributed by atoms with van der Waals surface area (Å²) in [4.78, 5) is 0. The van der Waals surface area contributed by atoms with Crippen molar-refractivity contribution in [2.75, 3.05) is 20.3 Å².